The van der Waals surface area contributed by atoms with Crippen LogP contribution in [0.1, 0.15) is 37.9 Å². The Labute approximate surface area is 95.6 Å². The third-order valence-electron chi connectivity index (χ3n) is 3.00. The number of hydrogen-bond donors (Lipinski definition) is 1. The summed E-state index contributed by atoms with van der Waals surface area (Å²) in [6.07, 6.45) is 4.02. The first-order valence-corrected chi connectivity index (χ1v) is 5.86. The van der Waals surface area contributed by atoms with E-state index in [1.807, 2.05) is 14.0 Å². The predicted octanol–water partition coefficient (Wildman–Crippen LogP) is 1.25. The third-order valence-corrected chi connectivity index (χ3v) is 3.00. The molecule has 5 heteroatoms. The maximum atomic E-state index is 5.77. The second-order valence-electron chi connectivity index (χ2n) is 4.40. The van der Waals surface area contributed by atoms with Crippen LogP contribution in [-0.2, 0) is 16.8 Å². The monoisotopic (exact) mass is 225 g/mol. The molecule has 90 valence electrons. The summed E-state index contributed by atoms with van der Waals surface area (Å²) >= 11 is 0. The maximum absolute atomic E-state index is 5.77. The van der Waals surface area contributed by atoms with E-state index in [1.54, 1.807) is 0 Å². The highest BCUT2D eigenvalue weighted by Crippen LogP contribution is 2.32. The zero-order chi connectivity index (χ0) is 11.4. The van der Waals surface area contributed by atoms with Gasteiger partial charge in [-0.05, 0) is 33.2 Å². The van der Waals surface area contributed by atoms with E-state index in [0.29, 0.717) is 11.7 Å². The average Bonchev–Trinajstić information content (AvgIpc) is 2.77. The summed E-state index contributed by atoms with van der Waals surface area (Å²) in [6.45, 7) is 3.68. The van der Waals surface area contributed by atoms with Gasteiger partial charge in [-0.3, -0.25) is 0 Å². The molecule has 1 saturated heterocycles. The summed E-state index contributed by atoms with van der Waals surface area (Å²) in [4.78, 5) is 4.40. The Morgan fingerprint density at radius 1 is 1.44 bits per heavy atom. The summed E-state index contributed by atoms with van der Waals surface area (Å²) in [6, 6.07) is 0. The minimum atomic E-state index is -0.348. The Balaban J connectivity index is 2.05. The van der Waals surface area contributed by atoms with Crippen LogP contribution in [0.3, 0.4) is 0 Å². The van der Waals surface area contributed by atoms with E-state index in [4.69, 9.17) is 9.26 Å². The van der Waals surface area contributed by atoms with Crippen molar-refractivity contribution in [2.75, 3.05) is 20.2 Å². The molecule has 1 unspecified atom stereocenters. The Kier molecular flexibility index (Phi) is 3.56. The van der Waals surface area contributed by atoms with Crippen molar-refractivity contribution in [2.45, 2.75) is 38.2 Å². The Hall–Kier alpha value is -0.940. The van der Waals surface area contributed by atoms with Gasteiger partial charge in [0.25, 0.3) is 0 Å². The van der Waals surface area contributed by atoms with Gasteiger partial charge in [0.1, 0.15) is 5.60 Å². The number of rotatable bonds is 4. The Morgan fingerprint density at radius 2 is 2.31 bits per heavy atom. The highest BCUT2D eigenvalue weighted by atomic mass is 16.5. The molecule has 1 N–H and O–H groups in total. The van der Waals surface area contributed by atoms with Gasteiger partial charge in [-0.1, -0.05) is 5.16 Å². The Bertz CT molecular complexity index is 332. The predicted molar refractivity (Wildman–Crippen MR) is 59.1 cm³/mol. The zero-order valence-corrected chi connectivity index (χ0v) is 9.95. The summed E-state index contributed by atoms with van der Waals surface area (Å²) in [5, 5.41) is 7.08. The fourth-order valence-electron chi connectivity index (χ4n) is 1.91. The summed E-state index contributed by atoms with van der Waals surface area (Å²) in [7, 11) is 1.91. The summed E-state index contributed by atoms with van der Waals surface area (Å²) in [5.74, 6) is 1.37. The van der Waals surface area contributed by atoms with Gasteiger partial charge in [0.15, 0.2) is 0 Å². The lowest BCUT2D eigenvalue weighted by Crippen LogP contribution is -2.31. The Morgan fingerprint density at radius 3 is 3.00 bits per heavy atom. The molecular weight excluding hydrogens is 206 g/mol. The van der Waals surface area contributed by atoms with Crippen LogP contribution in [0.5, 0.6) is 0 Å². The molecule has 0 spiro atoms. The van der Waals surface area contributed by atoms with Crippen LogP contribution in [0.4, 0.5) is 0 Å². The molecule has 5 nitrogen and oxygen atoms in total. The highest BCUT2D eigenvalue weighted by molar-refractivity contribution is 5.00. The van der Waals surface area contributed by atoms with E-state index >= 15 is 0 Å². The summed E-state index contributed by atoms with van der Waals surface area (Å²) in [5.41, 5.74) is -0.348. The van der Waals surface area contributed by atoms with Crippen molar-refractivity contribution >= 4 is 0 Å². The van der Waals surface area contributed by atoms with Gasteiger partial charge in [-0.25, -0.2) is 0 Å². The molecule has 0 aliphatic carbocycles. The van der Waals surface area contributed by atoms with E-state index in [0.717, 1.165) is 38.8 Å². The molecule has 16 heavy (non-hydrogen) atoms. The van der Waals surface area contributed by atoms with Crippen molar-refractivity contribution in [3.8, 4) is 0 Å². The number of nitrogens with zero attached hydrogens (tertiary/aromatic N) is 2. The van der Waals surface area contributed by atoms with E-state index < -0.39 is 0 Å². The average molecular weight is 225 g/mol. The van der Waals surface area contributed by atoms with Crippen LogP contribution in [0.15, 0.2) is 4.52 Å². The molecule has 1 fully saturated rings. The van der Waals surface area contributed by atoms with E-state index in [2.05, 4.69) is 15.5 Å². The fraction of sp³-hybridized carbons (Fsp3) is 0.818. The number of ether oxygens (including phenoxy) is 1. The summed E-state index contributed by atoms with van der Waals surface area (Å²) < 4.78 is 11.0. The molecule has 2 rings (SSSR count). The molecule has 0 radical (unpaired) electrons. The number of nitrogens with one attached hydrogen (secondary N) is 1. The van der Waals surface area contributed by atoms with Crippen LogP contribution < -0.4 is 5.32 Å². The number of hydrogen-bond acceptors (Lipinski definition) is 5. The first-order valence-electron chi connectivity index (χ1n) is 5.86. The van der Waals surface area contributed by atoms with E-state index in [9.17, 15) is 0 Å². The minimum absolute atomic E-state index is 0.348. The molecule has 1 aromatic rings. The maximum Gasteiger partial charge on any atom is 0.228 e. The lowest BCUT2D eigenvalue weighted by molar-refractivity contribution is -0.0770. The molecule has 1 aliphatic rings. The van der Waals surface area contributed by atoms with Gasteiger partial charge in [0.05, 0.1) is 0 Å². The topological polar surface area (TPSA) is 60.2 Å². The lowest BCUT2D eigenvalue weighted by atomic mass is 9.95. The van der Waals surface area contributed by atoms with Gasteiger partial charge in [-0.2, -0.15) is 4.98 Å². The third kappa shape index (κ3) is 2.41. The molecule has 1 aromatic heterocycles. The number of aromatic nitrogens is 2. The smallest absolute Gasteiger partial charge is 0.228 e. The molecule has 2 heterocycles. The minimum Gasteiger partial charge on any atom is -0.367 e. The molecule has 1 atom stereocenters. The molecule has 1 aliphatic heterocycles. The molecule has 0 amide bonds. The zero-order valence-electron chi connectivity index (χ0n) is 9.95. The molecular formula is C11H19N3O2. The van der Waals surface area contributed by atoms with Gasteiger partial charge >= 0.3 is 0 Å². The van der Waals surface area contributed by atoms with Crippen molar-refractivity contribution in [2.24, 2.45) is 0 Å². The largest absolute Gasteiger partial charge is 0.367 e. The van der Waals surface area contributed by atoms with E-state index in [-0.39, 0.29) is 5.60 Å². The number of likely N-dealkylation sites (N-methyl/N-ethyl adjacent to an activating group) is 1. The van der Waals surface area contributed by atoms with Crippen LogP contribution >= 0.6 is 0 Å². The van der Waals surface area contributed by atoms with Crippen molar-refractivity contribution < 1.29 is 9.26 Å². The standard InChI is InChI=1S/C11H19N3O2/c1-11(6-3-4-8-15-11)10-13-9(16-14-10)5-7-12-2/h12H,3-8H2,1-2H3. The van der Waals surface area contributed by atoms with Crippen molar-refractivity contribution in [3.63, 3.8) is 0 Å². The lowest BCUT2D eigenvalue weighted by Gasteiger charge is -2.30. The molecule has 0 bridgehead atoms. The first-order chi connectivity index (χ1) is 7.74. The molecule has 0 saturated carbocycles. The van der Waals surface area contributed by atoms with Crippen LogP contribution in [-0.4, -0.2) is 30.3 Å². The fourth-order valence-corrected chi connectivity index (χ4v) is 1.91. The first kappa shape index (κ1) is 11.5. The van der Waals surface area contributed by atoms with Crippen molar-refractivity contribution in [1.29, 1.82) is 0 Å². The van der Waals surface area contributed by atoms with Gasteiger partial charge in [0.2, 0.25) is 11.7 Å². The van der Waals surface area contributed by atoms with Crippen LogP contribution in [0.25, 0.3) is 0 Å². The van der Waals surface area contributed by atoms with Gasteiger partial charge < -0.3 is 14.6 Å². The SMILES string of the molecule is CNCCc1nc(C2(C)CCCCO2)no1. The van der Waals surface area contributed by atoms with Gasteiger partial charge in [0, 0.05) is 19.6 Å². The van der Waals surface area contributed by atoms with Crippen molar-refractivity contribution in [3.05, 3.63) is 11.7 Å². The molecule has 0 aromatic carbocycles. The normalized spacial score (nSPS) is 25.9. The second-order valence-corrected chi connectivity index (χ2v) is 4.40. The van der Waals surface area contributed by atoms with Crippen LogP contribution in [0.2, 0.25) is 0 Å². The van der Waals surface area contributed by atoms with E-state index in [1.165, 1.54) is 0 Å². The van der Waals surface area contributed by atoms with Gasteiger partial charge in [-0.15, -0.1) is 0 Å². The van der Waals surface area contributed by atoms with Crippen molar-refractivity contribution in [1.82, 2.24) is 15.5 Å². The second kappa shape index (κ2) is 4.93. The quantitative estimate of drug-likeness (QED) is 0.835. The van der Waals surface area contributed by atoms with Crippen LogP contribution in [0, 0.1) is 0 Å². The highest BCUT2D eigenvalue weighted by Gasteiger charge is 2.34.